The molecule has 0 unspecified atom stereocenters. The van der Waals surface area contributed by atoms with E-state index >= 15 is 0 Å². The van der Waals surface area contributed by atoms with E-state index in [0.717, 1.165) is 11.6 Å². The molecule has 0 bridgehead atoms. The minimum Gasteiger partial charge on any atom is -0.423 e. The van der Waals surface area contributed by atoms with Crippen LogP contribution in [0.4, 0.5) is 8.78 Å². The molecule has 0 aliphatic heterocycles. The van der Waals surface area contributed by atoms with Crippen molar-refractivity contribution < 1.29 is 18.3 Å². The zero-order valence-corrected chi connectivity index (χ0v) is 10.5. The van der Waals surface area contributed by atoms with E-state index in [-0.39, 0.29) is 11.3 Å². The molecule has 19 heavy (non-hydrogen) atoms. The summed E-state index contributed by atoms with van der Waals surface area (Å²) < 4.78 is 32.3. The SMILES string of the molecule is Cc1cccc(OC(=O)c2c(F)ccc(C)c2F)c1. The van der Waals surface area contributed by atoms with Crippen molar-refractivity contribution >= 4 is 5.97 Å². The summed E-state index contributed by atoms with van der Waals surface area (Å²) >= 11 is 0. The fourth-order valence-corrected chi connectivity index (χ4v) is 1.68. The van der Waals surface area contributed by atoms with Gasteiger partial charge >= 0.3 is 5.97 Å². The highest BCUT2D eigenvalue weighted by Crippen LogP contribution is 2.20. The van der Waals surface area contributed by atoms with Gasteiger partial charge in [-0.05, 0) is 43.2 Å². The summed E-state index contributed by atoms with van der Waals surface area (Å²) in [6, 6.07) is 9.01. The number of carbonyl (C=O) groups is 1. The average Bonchev–Trinajstić information content (AvgIpc) is 2.34. The molecule has 0 fully saturated rings. The first kappa shape index (κ1) is 13.2. The van der Waals surface area contributed by atoms with Crippen LogP contribution in [0.1, 0.15) is 21.5 Å². The van der Waals surface area contributed by atoms with Crippen molar-refractivity contribution in [1.29, 1.82) is 0 Å². The van der Waals surface area contributed by atoms with Gasteiger partial charge in [0.05, 0.1) is 0 Å². The molecule has 98 valence electrons. The Morgan fingerprint density at radius 3 is 2.53 bits per heavy atom. The third-order valence-electron chi connectivity index (χ3n) is 2.69. The van der Waals surface area contributed by atoms with Crippen molar-refractivity contribution in [3.8, 4) is 5.75 Å². The maximum Gasteiger partial charge on any atom is 0.349 e. The van der Waals surface area contributed by atoms with Crippen LogP contribution in [-0.4, -0.2) is 5.97 Å². The first-order chi connectivity index (χ1) is 8.99. The van der Waals surface area contributed by atoms with Gasteiger partial charge in [-0.2, -0.15) is 0 Å². The molecule has 0 atom stereocenters. The second-order valence-electron chi connectivity index (χ2n) is 4.26. The van der Waals surface area contributed by atoms with E-state index in [1.807, 2.05) is 13.0 Å². The van der Waals surface area contributed by atoms with Crippen molar-refractivity contribution in [2.45, 2.75) is 13.8 Å². The largest absolute Gasteiger partial charge is 0.423 e. The van der Waals surface area contributed by atoms with E-state index in [0.29, 0.717) is 0 Å². The number of hydrogen-bond acceptors (Lipinski definition) is 2. The number of carbonyl (C=O) groups excluding carboxylic acids is 1. The molecule has 0 aliphatic carbocycles. The second-order valence-corrected chi connectivity index (χ2v) is 4.26. The molecule has 2 nitrogen and oxygen atoms in total. The zero-order valence-electron chi connectivity index (χ0n) is 10.5. The lowest BCUT2D eigenvalue weighted by atomic mass is 10.1. The zero-order chi connectivity index (χ0) is 14.0. The Balaban J connectivity index is 2.33. The van der Waals surface area contributed by atoms with Crippen molar-refractivity contribution in [2.75, 3.05) is 0 Å². The topological polar surface area (TPSA) is 26.3 Å². The minimum absolute atomic E-state index is 0.192. The summed E-state index contributed by atoms with van der Waals surface area (Å²) in [5.41, 5.74) is 0.412. The molecule has 0 spiro atoms. The van der Waals surface area contributed by atoms with Gasteiger partial charge in [0.1, 0.15) is 22.9 Å². The highest BCUT2D eigenvalue weighted by atomic mass is 19.1. The van der Waals surface area contributed by atoms with E-state index in [4.69, 9.17) is 4.74 Å². The summed E-state index contributed by atoms with van der Waals surface area (Å²) in [4.78, 5) is 11.8. The number of benzene rings is 2. The van der Waals surface area contributed by atoms with Crippen molar-refractivity contribution in [2.24, 2.45) is 0 Å². The smallest absolute Gasteiger partial charge is 0.349 e. The van der Waals surface area contributed by atoms with E-state index < -0.39 is 23.2 Å². The molecular weight excluding hydrogens is 250 g/mol. The molecule has 0 N–H and O–H groups in total. The number of rotatable bonds is 2. The number of aryl methyl sites for hydroxylation is 2. The molecule has 0 saturated carbocycles. The van der Waals surface area contributed by atoms with Gasteiger partial charge in [-0.15, -0.1) is 0 Å². The molecule has 0 aliphatic rings. The number of halogens is 2. The first-order valence-electron chi connectivity index (χ1n) is 5.72. The minimum atomic E-state index is -1.04. The fraction of sp³-hybridized carbons (Fsp3) is 0.133. The van der Waals surface area contributed by atoms with Gasteiger partial charge < -0.3 is 4.74 Å². The molecule has 0 aromatic heterocycles. The van der Waals surface area contributed by atoms with Crippen LogP contribution in [0, 0.1) is 25.5 Å². The summed E-state index contributed by atoms with van der Waals surface area (Å²) in [6.07, 6.45) is 0. The van der Waals surface area contributed by atoms with Crippen LogP contribution in [0.25, 0.3) is 0 Å². The molecule has 2 rings (SSSR count). The van der Waals surface area contributed by atoms with Gasteiger partial charge in [-0.1, -0.05) is 18.2 Å². The van der Waals surface area contributed by atoms with E-state index in [9.17, 15) is 13.6 Å². The van der Waals surface area contributed by atoms with E-state index in [1.165, 1.54) is 13.0 Å². The van der Waals surface area contributed by atoms with Crippen LogP contribution < -0.4 is 4.74 Å². The van der Waals surface area contributed by atoms with Crippen LogP contribution in [0.5, 0.6) is 5.75 Å². The highest BCUT2D eigenvalue weighted by Gasteiger charge is 2.21. The predicted molar refractivity (Wildman–Crippen MR) is 67.2 cm³/mol. The molecule has 0 amide bonds. The van der Waals surface area contributed by atoms with Crippen LogP contribution in [0.2, 0.25) is 0 Å². The summed E-state index contributed by atoms with van der Waals surface area (Å²) in [5.74, 6) is -2.60. The lowest BCUT2D eigenvalue weighted by molar-refractivity contribution is 0.0724. The van der Waals surface area contributed by atoms with Gasteiger partial charge in [0.25, 0.3) is 0 Å². The number of ether oxygens (including phenoxy) is 1. The Morgan fingerprint density at radius 2 is 1.84 bits per heavy atom. The quantitative estimate of drug-likeness (QED) is 0.607. The second kappa shape index (κ2) is 5.18. The molecule has 2 aromatic carbocycles. The molecular formula is C15H12F2O2. The highest BCUT2D eigenvalue weighted by molar-refractivity contribution is 5.91. The normalized spacial score (nSPS) is 10.3. The molecule has 2 aromatic rings. The van der Waals surface area contributed by atoms with Gasteiger partial charge in [0.2, 0.25) is 0 Å². The monoisotopic (exact) mass is 262 g/mol. The number of hydrogen-bond donors (Lipinski definition) is 0. The Labute approximate surface area is 109 Å². The summed E-state index contributed by atoms with van der Waals surface area (Å²) in [7, 11) is 0. The Bertz CT molecular complexity index is 636. The third-order valence-corrected chi connectivity index (χ3v) is 2.69. The van der Waals surface area contributed by atoms with Gasteiger partial charge in [0.15, 0.2) is 0 Å². The Kier molecular flexibility index (Phi) is 3.60. The summed E-state index contributed by atoms with van der Waals surface area (Å²) in [6.45, 7) is 3.28. The lowest BCUT2D eigenvalue weighted by Gasteiger charge is -2.08. The fourth-order valence-electron chi connectivity index (χ4n) is 1.68. The number of esters is 1. The van der Waals surface area contributed by atoms with Crippen molar-refractivity contribution in [3.63, 3.8) is 0 Å². The van der Waals surface area contributed by atoms with Crippen LogP contribution >= 0.6 is 0 Å². The molecule has 0 radical (unpaired) electrons. The molecule has 4 heteroatoms. The maximum atomic E-state index is 13.8. The standard InChI is InChI=1S/C15H12F2O2/c1-9-4-3-5-11(8-9)19-15(18)13-12(16)7-6-10(2)14(13)17/h3-8H,1-2H3. The van der Waals surface area contributed by atoms with E-state index in [2.05, 4.69) is 0 Å². The molecule has 0 heterocycles. The van der Waals surface area contributed by atoms with Gasteiger partial charge in [-0.3, -0.25) is 0 Å². The average molecular weight is 262 g/mol. The third kappa shape index (κ3) is 2.78. The van der Waals surface area contributed by atoms with Crippen molar-refractivity contribution in [3.05, 3.63) is 64.7 Å². The van der Waals surface area contributed by atoms with Crippen LogP contribution in [0.3, 0.4) is 0 Å². The van der Waals surface area contributed by atoms with Crippen molar-refractivity contribution in [1.82, 2.24) is 0 Å². The maximum absolute atomic E-state index is 13.8. The van der Waals surface area contributed by atoms with E-state index in [1.54, 1.807) is 18.2 Å². The van der Waals surface area contributed by atoms with Crippen LogP contribution in [0.15, 0.2) is 36.4 Å². The van der Waals surface area contributed by atoms with Crippen LogP contribution in [-0.2, 0) is 0 Å². The van der Waals surface area contributed by atoms with Gasteiger partial charge in [-0.25, -0.2) is 13.6 Å². The molecule has 0 saturated heterocycles. The summed E-state index contributed by atoms with van der Waals surface area (Å²) in [5, 5.41) is 0. The Morgan fingerprint density at radius 1 is 1.11 bits per heavy atom. The van der Waals surface area contributed by atoms with Gasteiger partial charge in [0, 0.05) is 0 Å². The predicted octanol–water partition coefficient (Wildman–Crippen LogP) is 3.80. The lowest BCUT2D eigenvalue weighted by Crippen LogP contribution is -2.14. The Hall–Kier alpha value is -2.23. The first-order valence-corrected chi connectivity index (χ1v) is 5.72.